The summed E-state index contributed by atoms with van der Waals surface area (Å²) in [7, 11) is 0. The number of ether oxygens (including phenoxy) is 1. The van der Waals surface area contributed by atoms with Crippen LogP contribution in [0.25, 0.3) is 0 Å². The third-order valence-electron chi connectivity index (χ3n) is 4.76. The van der Waals surface area contributed by atoms with Crippen molar-refractivity contribution in [2.45, 2.75) is 57.8 Å². The molecule has 0 radical (unpaired) electrons. The molecule has 0 aromatic heterocycles. The number of rotatable bonds is 10. The van der Waals surface area contributed by atoms with Crippen LogP contribution in [0, 0.1) is 12.8 Å². The normalized spacial score (nSPS) is 24.5. The van der Waals surface area contributed by atoms with E-state index in [0.29, 0.717) is 6.54 Å². The predicted molar refractivity (Wildman–Crippen MR) is 106 cm³/mol. The first-order chi connectivity index (χ1) is 12.6. The smallest absolute Gasteiger partial charge is 0.119 e. The highest BCUT2D eigenvalue weighted by Gasteiger charge is 2.32. The molecule has 0 saturated carbocycles. The van der Waals surface area contributed by atoms with Gasteiger partial charge in [-0.3, -0.25) is 0 Å². The number of aliphatic hydroxyl groups excluding tert-OH is 2. The number of nitrogens with one attached hydrogen (secondary N) is 1. The van der Waals surface area contributed by atoms with E-state index >= 15 is 0 Å². The van der Waals surface area contributed by atoms with Crippen LogP contribution in [-0.2, 0) is 0 Å². The summed E-state index contributed by atoms with van der Waals surface area (Å²) in [6, 6.07) is 7.89. The Kier molecular flexibility index (Phi) is 8.89. The van der Waals surface area contributed by atoms with Gasteiger partial charge in [0.15, 0.2) is 0 Å². The molecule has 144 valence electrons. The van der Waals surface area contributed by atoms with Crippen molar-refractivity contribution in [2.24, 2.45) is 5.92 Å². The fraction of sp³-hybridized carbons (Fsp3) is 0.545. The molecule has 4 heteroatoms. The van der Waals surface area contributed by atoms with Crippen LogP contribution >= 0.6 is 0 Å². The first-order valence-corrected chi connectivity index (χ1v) is 9.72. The molecule has 0 unspecified atom stereocenters. The molecule has 1 aliphatic heterocycles. The Morgan fingerprint density at radius 2 is 2.12 bits per heavy atom. The summed E-state index contributed by atoms with van der Waals surface area (Å²) in [6.07, 6.45) is 11.4. The molecule has 26 heavy (non-hydrogen) atoms. The number of unbranched alkanes of at least 4 members (excludes halogenated alkanes) is 1. The highest BCUT2D eigenvalue weighted by Crippen LogP contribution is 2.23. The van der Waals surface area contributed by atoms with E-state index < -0.39 is 6.10 Å². The summed E-state index contributed by atoms with van der Waals surface area (Å²) in [5.74, 6) is 0.950. The maximum Gasteiger partial charge on any atom is 0.119 e. The molecule has 4 atom stereocenters. The lowest BCUT2D eigenvalue weighted by Gasteiger charge is -2.18. The van der Waals surface area contributed by atoms with E-state index in [-0.39, 0.29) is 24.7 Å². The minimum absolute atomic E-state index is 0.0956. The van der Waals surface area contributed by atoms with E-state index in [9.17, 15) is 10.2 Å². The Bertz CT molecular complexity index is 585. The number of β-amino-alcohol motifs (C(OH)–C–C–N with tert-alkyl or cyclic N) is 1. The quantitative estimate of drug-likeness (QED) is 0.561. The minimum Gasteiger partial charge on any atom is -0.491 e. The van der Waals surface area contributed by atoms with Crippen LogP contribution < -0.4 is 10.1 Å². The molecule has 1 heterocycles. The van der Waals surface area contributed by atoms with E-state index in [1.54, 1.807) is 6.08 Å². The van der Waals surface area contributed by atoms with Crippen molar-refractivity contribution in [2.75, 3.05) is 13.2 Å². The fourth-order valence-corrected chi connectivity index (χ4v) is 3.26. The van der Waals surface area contributed by atoms with Gasteiger partial charge in [-0.25, -0.2) is 0 Å². The summed E-state index contributed by atoms with van der Waals surface area (Å²) >= 11 is 0. The van der Waals surface area contributed by atoms with Gasteiger partial charge in [0.25, 0.3) is 0 Å². The third-order valence-corrected chi connectivity index (χ3v) is 4.76. The third kappa shape index (κ3) is 6.94. The molecule has 1 fully saturated rings. The fourth-order valence-electron chi connectivity index (χ4n) is 3.26. The lowest BCUT2D eigenvalue weighted by atomic mass is 9.92. The molecule has 4 nitrogen and oxygen atoms in total. The van der Waals surface area contributed by atoms with Crippen molar-refractivity contribution in [1.29, 1.82) is 0 Å². The largest absolute Gasteiger partial charge is 0.491 e. The highest BCUT2D eigenvalue weighted by atomic mass is 16.5. The van der Waals surface area contributed by atoms with E-state index in [0.717, 1.165) is 37.0 Å². The number of allylic oxidation sites excluding steroid dienone is 2. The monoisotopic (exact) mass is 359 g/mol. The van der Waals surface area contributed by atoms with Crippen molar-refractivity contribution in [3.63, 3.8) is 0 Å². The van der Waals surface area contributed by atoms with Crippen molar-refractivity contribution >= 4 is 0 Å². The van der Waals surface area contributed by atoms with E-state index in [1.807, 2.05) is 37.3 Å². The van der Waals surface area contributed by atoms with Crippen LogP contribution in [0.15, 0.2) is 48.6 Å². The highest BCUT2D eigenvalue weighted by molar-refractivity contribution is 5.27. The molecule has 1 aromatic carbocycles. The maximum atomic E-state index is 10.2. The number of hydrogen-bond donors (Lipinski definition) is 3. The average molecular weight is 360 g/mol. The lowest BCUT2D eigenvalue weighted by Crippen LogP contribution is -2.27. The van der Waals surface area contributed by atoms with Crippen LogP contribution in [0.1, 0.15) is 38.2 Å². The molecule has 2 rings (SSSR count). The zero-order valence-electron chi connectivity index (χ0n) is 16.0. The SMILES string of the molecule is CCC/C=C\CC[C@H]1[C@@H](O)CN[C@@H]1/C=C/[C@@H](O)COc1cccc(C)c1. The molecule has 0 amide bonds. The van der Waals surface area contributed by atoms with Crippen LogP contribution in [0.4, 0.5) is 0 Å². The number of aliphatic hydroxyl groups is 2. The molecule has 0 bridgehead atoms. The summed E-state index contributed by atoms with van der Waals surface area (Å²) in [4.78, 5) is 0. The molecule has 0 aliphatic carbocycles. The molecule has 1 aliphatic rings. The zero-order chi connectivity index (χ0) is 18.8. The van der Waals surface area contributed by atoms with E-state index in [4.69, 9.17) is 4.74 Å². The Morgan fingerprint density at radius 3 is 2.88 bits per heavy atom. The Balaban J connectivity index is 1.78. The lowest BCUT2D eigenvalue weighted by molar-refractivity contribution is 0.135. The summed E-state index contributed by atoms with van der Waals surface area (Å²) in [5, 5.41) is 23.7. The van der Waals surface area contributed by atoms with Crippen LogP contribution in [0.5, 0.6) is 5.75 Å². The number of benzene rings is 1. The van der Waals surface area contributed by atoms with E-state index in [2.05, 4.69) is 24.4 Å². The van der Waals surface area contributed by atoms with Gasteiger partial charge in [-0.15, -0.1) is 0 Å². The van der Waals surface area contributed by atoms with Gasteiger partial charge in [-0.2, -0.15) is 0 Å². The number of aryl methyl sites for hydroxylation is 1. The molecule has 1 saturated heterocycles. The van der Waals surface area contributed by atoms with Gasteiger partial charge in [0.2, 0.25) is 0 Å². The van der Waals surface area contributed by atoms with Crippen LogP contribution in [0.3, 0.4) is 0 Å². The van der Waals surface area contributed by atoms with Crippen molar-refractivity contribution in [3.8, 4) is 5.75 Å². The summed E-state index contributed by atoms with van der Waals surface area (Å²) in [6.45, 7) is 5.01. The topological polar surface area (TPSA) is 61.7 Å². The van der Waals surface area contributed by atoms with Crippen LogP contribution in [-0.4, -0.2) is 41.6 Å². The molecule has 0 spiro atoms. The maximum absolute atomic E-state index is 10.2. The van der Waals surface area contributed by atoms with Crippen molar-refractivity contribution in [1.82, 2.24) is 5.32 Å². The van der Waals surface area contributed by atoms with Crippen molar-refractivity contribution < 1.29 is 14.9 Å². The van der Waals surface area contributed by atoms with Gasteiger partial charge in [0.1, 0.15) is 18.5 Å². The second-order valence-electron chi connectivity index (χ2n) is 7.08. The standard InChI is InChI=1S/C22H33NO3/c1-3-4-5-6-7-11-20-21(23-15-22(20)25)13-12-18(24)16-26-19-10-8-9-17(2)14-19/h5-6,8-10,12-14,18,20-25H,3-4,7,11,15-16H2,1-2H3/b6-5-,13-12+/t18-,20-,21-,22+/m1/s1. The van der Waals surface area contributed by atoms with Gasteiger partial charge in [-0.05, 0) is 43.9 Å². The van der Waals surface area contributed by atoms with Gasteiger partial charge in [-0.1, -0.05) is 49.8 Å². The minimum atomic E-state index is -0.667. The Morgan fingerprint density at radius 1 is 1.31 bits per heavy atom. The summed E-state index contributed by atoms with van der Waals surface area (Å²) < 4.78 is 5.63. The Hall–Kier alpha value is -1.62. The number of hydrogen-bond acceptors (Lipinski definition) is 4. The van der Waals surface area contributed by atoms with Crippen molar-refractivity contribution in [3.05, 3.63) is 54.1 Å². The Labute approximate surface area is 157 Å². The van der Waals surface area contributed by atoms with E-state index in [1.165, 1.54) is 0 Å². The van der Waals surface area contributed by atoms with Gasteiger partial charge in [0, 0.05) is 18.5 Å². The molecular formula is C22H33NO3. The first kappa shape index (κ1) is 20.7. The van der Waals surface area contributed by atoms with Gasteiger partial charge in [0.05, 0.1) is 6.10 Å². The van der Waals surface area contributed by atoms with Crippen LogP contribution in [0.2, 0.25) is 0 Å². The molecule has 3 N–H and O–H groups in total. The summed E-state index contributed by atoms with van der Waals surface area (Å²) in [5.41, 5.74) is 1.13. The second-order valence-corrected chi connectivity index (χ2v) is 7.08. The second kappa shape index (κ2) is 11.2. The predicted octanol–water partition coefficient (Wildman–Crippen LogP) is 3.38. The first-order valence-electron chi connectivity index (χ1n) is 9.72. The zero-order valence-corrected chi connectivity index (χ0v) is 16.0. The molecule has 1 aromatic rings. The van der Waals surface area contributed by atoms with Gasteiger partial charge < -0.3 is 20.3 Å². The average Bonchev–Trinajstić information content (AvgIpc) is 2.98. The molecular weight excluding hydrogens is 326 g/mol. The van der Waals surface area contributed by atoms with Gasteiger partial charge >= 0.3 is 0 Å².